The number of rotatable bonds is 4. The van der Waals surface area contributed by atoms with Gasteiger partial charge in [0.1, 0.15) is 5.82 Å². The second-order valence-electron chi connectivity index (χ2n) is 4.26. The van der Waals surface area contributed by atoms with E-state index in [0.29, 0.717) is 0 Å². The van der Waals surface area contributed by atoms with Crippen LogP contribution in [0.5, 0.6) is 0 Å². The predicted molar refractivity (Wildman–Crippen MR) is 74.8 cm³/mol. The minimum atomic E-state index is 0.775. The minimum Gasteiger partial charge on any atom is -0.399 e. The van der Waals surface area contributed by atoms with Crippen molar-refractivity contribution in [2.75, 3.05) is 5.73 Å². The molecule has 2 aromatic rings. The molecule has 1 aromatic carbocycles. The minimum absolute atomic E-state index is 0.775. The fourth-order valence-corrected chi connectivity index (χ4v) is 1.80. The van der Waals surface area contributed by atoms with Gasteiger partial charge in [-0.2, -0.15) is 0 Å². The van der Waals surface area contributed by atoms with E-state index in [1.54, 1.807) is 0 Å². The third kappa shape index (κ3) is 2.77. The monoisotopic (exact) mass is 242 g/mol. The summed E-state index contributed by atoms with van der Waals surface area (Å²) < 4.78 is 2.12. The van der Waals surface area contributed by atoms with Gasteiger partial charge in [0.15, 0.2) is 5.82 Å². The van der Waals surface area contributed by atoms with Gasteiger partial charge in [0.05, 0.1) is 0 Å². The van der Waals surface area contributed by atoms with Gasteiger partial charge >= 0.3 is 0 Å². The van der Waals surface area contributed by atoms with E-state index in [1.165, 1.54) is 0 Å². The summed E-state index contributed by atoms with van der Waals surface area (Å²) in [4.78, 5) is 0. The van der Waals surface area contributed by atoms with Crippen LogP contribution >= 0.6 is 0 Å². The molecule has 0 spiro atoms. The second-order valence-corrected chi connectivity index (χ2v) is 4.26. The first kappa shape index (κ1) is 12.4. The van der Waals surface area contributed by atoms with Crippen molar-refractivity contribution in [2.45, 2.75) is 26.8 Å². The van der Waals surface area contributed by atoms with Crippen LogP contribution in [0.15, 0.2) is 24.3 Å². The van der Waals surface area contributed by atoms with Crippen LogP contribution in [0.25, 0.3) is 12.2 Å². The van der Waals surface area contributed by atoms with Crippen LogP contribution in [-0.2, 0) is 6.54 Å². The standard InChI is InChI=1S/C14H18N4/c1-3-10-18-11(2)16-17-14(18)9-6-12-4-7-13(15)8-5-12/h4-9H,3,10,15H2,1-2H3/b9-6+. The Hall–Kier alpha value is -2.10. The van der Waals surface area contributed by atoms with E-state index in [-0.39, 0.29) is 0 Å². The molecule has 0 amide bonds. The van der Waals surface area contributed by atoms with Crippen molar-refractivity contribution >= 4 is 17.8 Å². The molecule has 0 radical (unpaired) electrons. The van der Waals surface area contributed by atoms with E-state index in [2.05, 4.69) is 21.7 Å². The zero-order valence-corrected chi connectivity index (χ0v) is 10.8. The van der Waals surface area contributed by atoms with E-state index < -0.39 is 0 Å². The maximum atomic E-state index is 5.65. The highest BCUT2D eigenvalue weighted by Crippen LogP contribution is 2.10. The number of aromatic nitrogens is 3. The topological polar surface area (TPSA) is 56.7 Å². The number of hydrogen-bond acceptors (Lipinski definition) is 3. The fourth-order valence-electron chi connectivity index (χ4n) is 1.80. The smallest absolute Gasteiger partial charge is 0.156 e. The molecule has 1 aromatic heterocycles. The molecule has 2 rings (SSSR count). The first-order chi connectivity index (χ1) is 8.70. The molecule has 0 aliphatic heterocycles. The van der Waals surface area contributed by atoms with E-state index in [1.807, 2.05) is 43.3 Å². The van der Waals surface area contributed by atoms with E-state index in [0.717, 1.165) is 35.9 Å². The van der Waals surface area contributed by atoms with Crippen molar-refractivity contribution in [3.05, 3.63) is 41.5 Å². The van der Waals surface area contributed by atoms with Crippen molar-refractivity contribution in [2.24, 2.45) is 0 Å². The van der Waals surface area contributed by atoms with Crippen molar-refractivity contribution in [1.29, 1.82) is 0 Å². The van der Waals surface area contributed by atoms with Crippen molar-refractivity contribution < 1.29 is 0 Å². The maximum absolute atomic E-state index is 5.65. The quantitative estimate of drug-likeness (QED) is 0.839. The molecule has 0 fully saturated rings. The summed E-state index contributed by atoms with van der Waals surface area (Å²) in [5.74, 6) is 1.85. The Kier molecular flexibility index (Phi) is 3.77. The van der Waals surface area contributed by atoms with Gasteiger partial charge in [0, 0.05) is 12.2 Å². The van der Waals surface area contributed by atoms with Crippen LogP contribution < -0.4 is 5.73 Å². The average Bonchev–Trinajstić information content (AvgIpc) is 2.71. The van der Waals surface area contributed by atoms with Crippen molar-refractivity contribution in [3.63, 3.8) is 0 Å². The summed E-state index contributed by atoms with van der Waals surface area (Å²) in [7, 11) is 0. The summed E-state index contributed by atoms with van der Waals surface area (Å²) in [5, 5.41) is 8.27. The van der Waals surface area contributed by atoms with Crippen LogP contribution in [0.1, 0.15) is 30.6 Å². The summed E-state index contributed by atoms with van der Waals surface area (Å²) >= 11 is 0. The van der Waals surface area contributed by atoms with Gasteiger partial charge in [-0.3, -0.25) is 0 Å². The number of benzene rings is 1. The van der Waals surface area contributed by atoms with Crippen LogP contribution in [0, 0.1) is 6.92 Å². The average molecular weight is 242 g/mol. The van der Waals surface area contributed by atoms with Crippen LogP contribution in [0.2, 0.25) is 0 Å². The zero-order chi connectivity index (χ0) is 13.0. The molecule has 0 unspecified atom stereocenters. The fraction of sp³-hybridized carbons (Fsp3) is 0.286. The van der Waals surface area contributed by atoms with Gasteiger partial charge in [-0.25, -0.2) is 0 Å². The van der Waals surface area contributed by atoms with Gasteiger partial charge in [-0.05, 0) is 37.1 Å². The van der Waals surface area contributed by atoms with Crippen molar-refractivity contribution in [3.8, 4) is 0 Å². The molecule has 0 saturated carbocycles. The summed E-state index contributed by atoms with van der Waals surface area (Å²) in [5.41, 5.74) is 7.53. The highest BCUT2D eigenvalue weighted by molar-refractivity contribution is 5.67. The highest BCUT2D eigenvalue weighted by atomic mass is 15.3. The first-order valence-corrected chi connectivity index (χ1v) is 6.14. The number of nitrogens with two attached hydrogens (primary N) is 1. The van der Waals surface area contributed by atoms with Gasteiger partial charge in [0.2, 0.25) is 0 Å². The SMILES string of the molecule is CCCn1c(C)nnc1/C=C/c1ccc(N)cc1. The van der Waals surface area contributed by atoms with Crippen LogP contribution in [0.4, 0.5) is 5.69 Å². The molecule has 0 aliphatic carbocycles. The zero-order valence-electron chi connectivity index (χ0n) is 10.8. The lowest BCUT2D eigenvalue weighted by Crippen LogP contribution is -2.01. The molecule has 0 atom stereocenters. The molecule has 4 nitrogen and oxygen atoms in total. The lowest BCUT2D eigenvalue weighted by atomic mass is 10.2. The molecule has 2 N–H and O–H groups in total. The van der Waals surface area contributed by atoms with Crippen molar-refractivity contribution in [1.82, 2.24) is 14.8 Å². The maximum Gasteiger partial charge on any atom is 0.156 e. The molecule has 18 heavy (non-hydrogen) atoms. The second kappa shape index (κ2) is 5.49. The molecule has 1 heterocycles. The Balaban J connectivity index is 2.20. The lowest BCUT2D eigenvalue weighted by molar-refractivity contribution is 0.652. The molecule has 0 aliphatic rings. The lowest BCUT2D eigenvalue weighted by Gasteiger charge is -2.03. The number of nitrogen functional groups attached to an aromatic ring is 1. The molecule has 94 valence electrons. The molecule has 0 saturated heterocycles. The Bertz CT molecular complexity index is 537. The number of hydrogen-bond donors (Lipinski definition) is 1. The molecule has 0 bridgehead atoms. The largest absolute Gasteiger partial charge is 0.399 e. The van der Waals surface area contributed by atoms with Gasteiger partial charge in [-0.1, -0.05) is 25.1 Å². The van der Waals surface area contributed by atoms with E-state index in [4.69, 9.17) is 5.73 Å². The number of anilines is 1. The van der Waals surface area contributed by atoms with E-state index in [9.17, 15) is 0 Å². The Morgan fingerprint density at radius 1 is 1.17 bits per heavy atom. The highest BCUT2D eigenvalue weighted by Gasteiger charge is 2.03. The molecular weight excluding hydrogens is 224 g/mol. The van der Waals surface area contributed by atoms with Crippen LogP contribution in [0.3, 0.4) is 0 Å². The third-order valence-electron chi connectivity index (χ3n) is 2.77. The van der Waals surface area contributed by atoms with Gasteiger partial charge in [-0.15, -0.1) is 10.2 Å². The predicted octanol–water partition coefficient (Wildman–Crippen LogP) is 2.75. The van der Waals surface area contributed by atoms with Crippen LogP contribution in [-0.4, -0.2) is 14.8 Å². The Morgan fingerprint density at radius 2 is 1.89 bits per heavy atom. The molecule has 4 heteroatoms. The van der Waals surface area contributed by atoms with Gasteiger partial charge < -0.3 is 10.3 Å². The number of aryl methyl sites for hydroxylation is 1. The summed E-state index contributed by atoms with van der Waals surface area (Å²) in [6.07, 6.45) is 5.08. The van der Waals surface area contributed by atoms with Gasteiger partial charge in [0.25, 0.3) is 0 Å². The first-order valence-electron chi connectivity index (χ1n) is 6.14. The Morgan fingerprint density at radius 3 is 2.56 bits per heavy atom. The normalized spacial score (nSPS) is 11.2. The summed E-state index contributed by atoms with van der Waals surface area (Å²) in [6.45, 7) is 5.07. The van der Waals surface area contributed by atoms with E-state index >= 15 is 0 Å². The Labute approximate surface area is 107 Å². The molecular formula is C14H18N4. The summed E-state index contributed by atoms with van der Waals surface area (Å²) in [6, 6.07) is 7.75. The number of nitrogens with zero attached hydrogens (tertiary/aromatic N) is 3. The third-order valence-corrected chi connectivity index (χ3v) is 2.77.